The first kappa shape index (κ1) is 15.5. The minimum atomic E-state index is -0.183. The smallest absolute Gasteiger partial charge is 0.242 e. The van der Waals surface area contributed by atoms with Crippen molar-refractivity contribution in [3.8, 4) is 0 Å². The molecular formula is C14H25NO2S. The van der Waals surface area contributed by atoms with E-state index < -0.39 is 0 Å². The number of likely N-dealkylation sites (tertiary alicyclic amines) is 1. The van der Waals surface area contributed by atoms with E-state index in [4.69, 9.17) is 0 Å². The van der Waals surface area contributed by atoms with Crippen LogP contribution in [0.3, 0.4) is 0 Å². The first-order valence-corrected chi connectivity index (χ1v) is 7.40. The van der Waals surface area contributed by atoms with E-state index in [9.17, 15) is 9.59 Å². The molecule has 2 amide bonds. The molecule has 0 radical (unpaired) electrons. The van der Waals surface area contributed by atoms with Gasteiger partial charge in [0.1, 0.15) is 0 Å². The topological polar surface area (TPSA) is 37.4 Å². The summed E-state index contributed by atoms with van der Waals surface area (Å²) >= 11 is 1.60. The van der Waals surface area contributed by atoms with Gasteiger partial charge in [-0.15, -0.1) is 11.8 Å². The molecule has 1 aliphatic rings. The second kappa shape index (κ2) is 5.24. The van der Waals surface area contributed by atoms with Gasteiger partial charge < -0.3 is 0 Å². The standard InChI is InChI=1S/C14H25NO2S/c1-13(2,3)7-8-15-11(16)9-10(12(15)17)18-14(4,5)6/h10H,7-9H2,1-6H3. The van der Waals surface area contributed by atoms with Crippen molar-refractivity contribution < 1.29 is 9.59 Å². The highest BCUT2D eigenvalue weighted by molar-refractivity contribution is 8.01. The Kier molecular flexibility index (Phi) is 4.52. The Morgan fingerprint density at radius 2 is 1.72 bits per heavy atom. The van der Waals surface area contributed by atoms with Gasteiger partial charge in [-0.3, -0.25) is 14.5 Å². The van der Waals surface area contributed by atoms with Crippen molar-refractivity contribution in [2.24, 2.45) is 5.41 Å². The molecule has 0 bridgehead atoms. The first-order valence-electron chi connectivity index (χ1n) is 6.52. The van der Waals surface area contributed by atoms with Gasteiger partial charge in [-0.2, -0.15) is 0 Å². The molecule has 18 heavy (non-hydrogen) atoms. The molecule has 1 rings (SSSR count). The van der Waals surface area contributed by atoms with Crippen LogP contribution < -0.4 is 0 Å². The predicted molar refractivity (Wildman–Crippen MR) is 76.5 cm³/mol. The first-order chi connectivity index (χ1) is 7.99. The third kappa shape index (κ3) is 4.63. The lowest BCUT2D eigenvalue weighted by Gasteiger charge is -2.24. The fraction of sp³-hybridized carbons (Fsp3) is 0.857. The van der Waals surface area contributed by atoms with Gasteiger partial charge in [-0.1, -0.05) is 41.5 Å². The number of hydrogen-bond acceptors (Lipinski definition) is 3. The van der Waals surface area contributed by atoms with E-state index in [0.29, 0.717) is 13.0 Å². The Labute approximate surface area is 115 Å². The number of rotatable bonds is 3. The molecule has 1 unspecified atom stereocenters. The van der Waals surface area contributed by atoms with Crippen LogP contribution in [-0.4, -0.2) is 33.3 Å². The van der Waals surface area contributed by atoms with E-state index in [2.05, 4.69) is 41.5 Å². The molecule has 0 aliphatic carbocycles. The normalized spacial score (nSPS) is 21.9. The summed E-state index contributed by atoms with van der Waals surface area (Å²) in [5.74, 6) is -0.00447. The second-order valence-corrected chi connectivity index (χ2v) is 9.15. The van der Waals surface area contributed by atoms with Crippen molar-refractivity contribution in [3.05, 3.63) is 0 Å². The third-order valence-electron chi connectivity index (χ3n) is 2.78. The van der Waals surface area contributed by atoms with Gasteiger partial charge in [0, 0.05) is 17.7 Å². The molecule has 0 saturated carbocycles. The Bertz CT molecular complexity index is 339. The summed E-state index contributed by atoms with van der Waals surface area (Å²) < 4.78 is 0.0145. The number of carbonyl (C=O) groups excluding carboxylic acids is 2. The fourth-order valence-electron chi connectivity index (χ4n) is 1.85. The molecule has 0 spiro atoms. The summed E-state index contributed by atoms with van der Waals surface area (Å²) in [6, 6.07) is 0. The fourth-order valence-corrected chi connectivity index (χ4v) is 3.16. The van der Waals surface area contributed by atoms with Crippen LogP contribution in [0, 0.1) is 5.41 Å². The maximum Gasteiger partial charge on any atom is 0.242 e. The van der Waals surface area contributed by atoms with Crippen molar-refractivity contribution in [2.75, 3.05) is 6.54 Å². The average molecular weight is 271 g/mol. The lowest BCUT2D eigenvalue weighted by atomic mass is 9.92. The van der Waals surface area contributed by atoms with E-state index in [1.54, 1.807) is 11.8 Å². The van der Waals surface area contributed by atoms with Crippen molar-refractivity contribution in [2.45, 2.75) is 64.4 Å². The Balaban J connectivity index is 2.62. The molecular weight excluding hydrogens is 246 g/mol. The van der Waals surface area contributed by atoms with Crippen molar-refractivity contribution >= 4 is 23.6 Å². The van der Waals surface area contributed by atoms with Crippen LogP contribution in [0.15, 0.2) is 0 Å². The summed E-state index contributed by atoms with van der Waals surface area (Å²) in [7, 11) is 0. The Hall–Kier alpha value is -0.510. The van der Waals surface area contributed by atoms with Gasteiger partial charge in [0.2, 0.25) is 11.8 Å². The quantitative estimate of drug-likeness (QED) is 0.740. The van der Waals surface area contributed by atoms with Gasteiger partial charge >= 0.3 is 0 Å². The van der Waals surface area contributed by atoms with Gasteiger partial charge in [0.15, 0.2) is 0 Å². The number of carbonyl (C=O) groups is 2. The number of amides is 2. The molecule has 1 saturated heterocycles. The van der Waals surface area contributed by atoms with Crippen LogP contribution in [0.4, 0.5) is 0 Å². The summed E-state index contributed by atoms with van der Waals surface area (Å²) in [5.41, 5.74) is 0.149. The molecule has 1 heterocycles. The molecule has 1 aliphatic heterocycles. The van der Waals surface area contributed by atoms with Crippen LogP contribution in [0.2, 0.25) is 0 Å². The molecule has 0 aromatic heterocycles. The van der Waals surface area contributed by atoms with Gasteiger partial charge in [0.05, 0.1) is 5.25 Å². The number of nitrogens with zero attached hydrogens (tertiary/aromatic N) is 1. The zero-order valence-corrected chi connectivity index (χ0v) is 13.2. The molecule has 1 atom stereocenters. The van der Waals surface area contributed by atoms with Crippen LogP contribution in [0.25, 0.3) is 0 Å². The van der Waals surface area contributed by atoms with Gasteiger partial charge in [-0.05, 0) is 11.8 Å². The third-order valence-corrected chi connectivity index (χ3v) is 4.14. The van der Waals surface area contributed by atoms with Crippen LogP contribution in [0.5, 0.6) is 0 Å². The van der Waals surface area contributed by atoms with Gasteiger partial charge in [-0.25, -0.2) is 0 Å². The number of hydrogen-bond donors (Lipinski definition) is 0. The largest absolute Gasteiger partial charge is 0.282 e. The van der Waals surface area contributed by atoms with E-state index in [1.165, 1.54) is 4.90 Å². The average Bonchev–Trinajstić information content (AvgIpc) is 2.35. The molecule has 104 valence electrons. The van der Waals surface area contributed by atoms with Crippen molar-refractivity contribution in [1.29, 1.82) is 0 Å². The zero-order chi connectivity index (χ0) is 14.1. The highest BCUT2D eigenvalue weighted by Crippen LogP contribution is 2.35. The Morgan fingerprint density at radius 1 is 1.17 bits per heavy atom. The number of imide groups is 1. The highest BCUT2D eigenvalue weighted by Gasteiger charge is 2.40. The molecule has 0 aromatic rings. The van der Waals surface area contributed by atoms with Crippen molar-refractivity contribution in [3.63, 3.8) is 0 Å². The minimum Gasteiger partial charge on any atom is -0.282 e. The predicted octanol–water partition coefficient (Wildman–Crippen LogP) is 3.08. The highest BCUT2D eigenvalue weighted by atomic mass is 32.2. The summed E-state index contributed by atoms with van der Waals surface area (Å²) in [4.78, 5) is 25.5. The number of thioether (sulfide) groups is 1. The van der Waals surface area contributed by atoms with Gasteiger partial charge in [0.25, 0.3) is 0 Å². The Morgan fingerprint density at radius 3 is 2.17 bits per heavy atom. The van der Waals surface area contributed by atoms with Crippen LogP contribution in [0.1, 0.15) is 54.4 Å². The lowest BCUT2D eigenvalue weighted by Crippen LogP contribution is -2.34. The SMILES string of the molecule is CC(C)(C)CCN1C(=O)CC(SC(C)(C)C)C1=O. The van der Waals surface area contributed by atoms with E-state index >= 15 is 0 Å². The van der Waals surface area contributed by atoms with E-state index in [-0.39, 0.29) is 27.2 Å². The molecule has 0 aromatic carbocycles. The molecule has 4 heteroatoms. The van der Waals surface area contributed by atoms with Crippen LogP contribution in [-0.2, 0) is 9.59 Å². The summed E-state index contributed by atoms with van der Waals surface area (Å²) in [6.45, 7) is 13.2. The lowest BCUT2D eigenvalue weighted by molar-refractivity contribution is -0.138. The van der Waals surface area contributed by atoms with E-state index in [0.717, 1.165) is 6.42 Å². The second-order valence-electron chi connectivity index (χ2n) is 7.12. The van der Waals surface area contributed by atoms with Crippen molar-refractivity contribution in [1.82, 2.24) is 4.90 Å². The summed E-state index contributed by atoms with van der Waals surface area (Å²) in [6.07, 6.45) is 1.22. The molecule has 3 nitrogen and oxygen atoms in total. The zero-order valence-electron chi connectivity index (χ0n) is 12.4. The van der Waals surface area contributed by atoms with E-state index in [1.807, 2.05) is 0 Å². The monoisotopic (exact) mass is 271 g/mol. The molecule has 1 fully saturated rings. The maximum absolute atomic E-state index is 12.2. The molecule has 0 N–H and O–H groups in total. The maximum atomic E-state index is 12.2. The summed E-state index contributed by atoms with van der Waals surface area (Å²) in [5, 5.41) is -0.183. The van der Waals surface area contributed by atoms with Crippen LogP contribution >= 0.6 is 11.8 Å². The minimum absolute atomic E-state index is 0.00387.